The lowest BCUT2D eigenvalue weighted by Crippen LogP contribution is -2.43. The molecule has 1 saturated heterocycles. The van der Waals surface area contributed by atoms with Crippen molar-refractivity contribution in [3.8, 4) is 0 Å². The van der Waals surface area contributed by atoms with Crippen LogP contribution in [0.1, 0.15) is 49.7 Å². The highest BCUT2D eigenvalue weighted by Crippen LogP contribution is 2.24. The number of hydrogen-bond acceptors (Lipinski definition) is 7. The van der Waals surface area contributed by atoms with Gasteiger partial charge in [-0.3, -0.25) is 19.2 Å². The van der Waals surface area contributed by atoms with E-state index in [-0.39, 0.29) is 53.2 Å². The molecule has 0 spiro atoms. The third kappa shape index (κ3) is 8.41. The number of ether oxygens (including phenoxy) is 1. The molecule has 0 saturated carbocycles. The van der Waals surface area contributed by atoms with Crippen LogP contribution in [0.2, 0.25) is 10.0 Å². The second kappa shape index (κ2) is 13.9. The maximum absolute atomic E-state index is 13.1. The first-order chi connectivity index (χ1) is 18.1. The number of benzene rings is 1. The molecule has 1 aromatic heterocycles. The van der Waals surface area contributed by atoms with Gasteiger partial charge in [-0.05, 0) is 43.9 Å². The Hall–Kier alpha value is -2.69. The summed E-state index contributed by atoms with van der Waals surface area (Å²) >= 11 is 13.4. The molecule has 1 aliphatic rings. The highest BCUT2D eigenvalue weighted by Gasteiger charge is 2.29. The van der Waals surface area contributed by atoms with Crippen LogP contribution in [0, 0.1) is 11.8 Å². The number of carbonyl (C=O) groups is 4. The Morgan fingerprint density at radius 2 is 2.03 bits per heavy atom. The number of carbonyl (C=O) groups excluding carboxylic acids is 4. The van der Waals surface area contributed by atoms with E-state index in [0.717, 1.165) is 6.42 Å². The van der Waals surface area contributed by atoms with Crippen molar-refractivity contribution in [3.05, 3.63) is 44.9 Å². The zero-order chi connectivity index (χ0) is 27.8. The topological polar surface area (TPSA) is 109 Å². The Morgan fingerprint density at radius 1 is 1.26 bits per heavy atom. The first-order valence-electron chi connectivity index (χ1n) is 12.5. The lowest BCUT2D eigenvalue weighted by Gasteiger charge is -2.31. The van der Waals surface area contributed by atoms with Crippen molar-refractivity contribution in [1.82, 2.24) is 14.8 Å². The number of anilines is 1. The number of hydrogen-bond donors (Lipinski definition) is 1. The van der Waals surface area contributed by atoms with E-state index in [1.54, 1.807) is 29.3 Å². The normalized spacial score (nSPS) is 15.3. The second-order valence-electron chi connectivity index (χ2n) is 9.50. The van der Waals surface area contributed by atoms with E-state index < -0.39 is 5.91 Å². The van der Waals surface area contributed by atoms with Gasteiger partial charge in [-0.2, -0.15) is 0 Å². The first-order valence-corrected chi connectivity index (χ1v) is 14.1. The summed E-state index contributed by atoms with van der Waals surface area (Å²) < 4.78 is 5.10. The van der Waals surface area contributed by atoms with E-state index in [9.17, 15) is 19.2 Å². The maximum Gasteiger partial charge on any atom is 0.310 e. The van der Waals surface area contributed by atoms with E-state index in [1.165, 1.54) is 22.3 Å². The van der Waals surface area contributed by atoms with Crippen molar-refractivity contribution < 1.29 is 23.9 Å². The molecule has 9 nitrogen and oxygen atoms in total. The van der Waals surface area contributed by atoms with Gasteiger partial charge < -0.3 is 19.9 Å². The summed E-state index contributed by atoms with van der Waals surface area (Å²) in [5.41, 5.74) is 0.791. The van der Waals surface area contributed by atoms with Crippen molar-refractivity contribution in [2.24, 2.45) is 11.8 Å². The van der Waals surface area contributed by atoms with Crippen LogP contribution < -0.4 is 5.32 Å². The molecule has 0 aliphatic carbocycles. The Kier molecular flexibility index (Phi) is 10.9. The number of nitrogens with one attached hydrogen (secondary N) is 1. The molecule has 206 valence electrons. The number of esters is 1. The minimum Gasteiger partial charge on any atom is -0.466 e. The van der Waals surface area contributed by atoms with Crippen LogP contribution in [0.15, 0.2) is 23.6 Å². The van der Waals surface area contributed by atoms with E-state index >= 15 is 0 Å². The number of halogens is 2. The summed E-state index contributed by atoms with van der Waals surface area (Å²) in [6.45, 7) is 7.05. The predicted octanol–water partition coefficient (Wildman–Crippen LogP) is 4.53. The van der Waals surface area contributed by atoms with Gasteiger partial charge in [0.15, 0.2) is 5.13 Å². The van der Waals surface area contributed by atoms with Crippen molar-refractivity contribution in [2.45, 2.75) is 40.0 Å². The van der Waals surface area contributed by atoms with Gasteiger partial charge in [0.1, 0.15) is 6.54 Å². The van der Waals surface area contributed by atoms with Gasteiger partial charge in [-0.15, -0.1) is 11.3 Å². The maximum atomic E-state index is 13.1. The minimum absolute atomic E-state index is 0.0644. The van der Waals surface area contributed by atoms with Crippen LogP contribution in [-0.4, -0.2) is 71.3 Å². The summed E-state index contributed by atoms with van der Waals surface area (Å²) in [5, 5.41) is 5.40. The average molecular weight is 584 g/mol. The highest BCUT2D eigenvalue weighted by atomic mass is 35.5. The average Bonchev–Trinajstić information content (AvgIpc) is 3.29. The lowest BCUT2D eigenvalue weighted by atomic mass is 9.98. The van der Waals surface area contributed by atoms with Crippen LogP contribution >= 0.6 is 34.5 Å². The molecule has 3 rings (SSSR count). The fourth-order valence-corrected chi connectivity index (χ4v) is 5.41. The van der Waals surface area contributed by atoms with E-state index in [4.69, 9.17) is 27.9 Å². The van der Waals surface area contributed by atoms with E-state index in [1.807, 2.05) is 13.8 Å². The number of piperidine rings is 1. The number of thiazole rings is 1. The number of rotatable bonds is 10. The van der Waals surface area contributed by atoms with Gasteiger partial charge in [0.2, 0.25) is 11.8 Å². The van der Waals surface area contributed by atoms with Gasteiger partial charge in [0.05, 0.1) is 35.2 Å². The van der Waals surface area contributed by atoms with Crippen LogP contribution in [0.4, 0.5) is 5.13 Å². The summed E-state index contributed by atoms with van der Waals surface area (Å²) in [4.78, 5) is 58.3. The number of likely N-dealkylation sites (tertiary alicyclic amines) is 1. The van der Waals surface area contributed by atoms with Gasteiger partial charge >= 0.3 is 5.97 Å². The number of nitrogens with zero attached hydrogens (tertiary/aromatic N) is 3. The standard InChI is InChI=1S/C26H32Cl2N4O5S/c1-4-37-25(36)17-6-5-9-31(13-17)23(34)11-19-15-38-26(29-19)30-22(33)14-32(12-16(2)3)24(35)20-8-7-18(27)10-21(20)28/h7-8,10,15-17H,4-6,9,11-14H2,1-3H3,(H,29,30,33)/t17-/m1/s1. The van der Waals surface area contributed by atoms with Gasteiger partial charge in [0, 0.05) is 30.0 Å². The van der Waals surface area contributed by atoms with Crippen LogP contribution in [-0.2, 0) is 25.5 Å². The fraction of sp³-hybridized carbons (Fsp3) is 0.500. The zero-order valence-electron chi connectivity index (χ0n) is 21.7. The summed E-state index contributed by atoms with van der Waals surface area (Å²) in [7, 11) is 0. The van der Waals surface area contributed by atoms with Gasteiger partial charge in [-0.1, -0.05) is 37.0 Å². The number of amides is 3. The van der Waals surface area contributed by atoms with E-state index in [2.05, 4.69) is 10.3 Å². The molecular formula is C26H32Cl2N4O5S. The zero-order valence-corrected chi connectivity index (χ0v) is 24.0. The van der Waals surface area contributed by atoms with Gasteiger partial charge in [-0.25, -0.2) is 4.98 Å². The van der Waals surface area contributed by atoms with Crippen LogP contribution in [0.25, 0.3) is 0 Å². The minimum atomic E-state index is -0.412. The largest absolute Gasteiger partial charge is 0.466 e. The molecule has 2 heterocycles. The second-order valence-corrected chi connectivity index (χ2v) is 11.2. The molecule has 38 heavy (non-hydrogen) atoms. The SMILES string of the molecule is CCOC(=O)[C@@H]1CCCN(C(=O)Cc2csc(NC(=O)CN(CC(C)C)C(=O)c3ccc(Cl)cc3Cl)n2)C1. The summed E-state index contributed by atoms with van der Waals surface area (Å²) in [5.74, 6) is -1.37. The van der Waals surface area contributed by atoms with Crippen molar-refractivity contribution >= 4 is 63.4 Å². The van der Waals surface area contributed by atoms with Crippen molar-refractivity contribution in [1.29, 1.82) is 0 Å². The molecule has 1 atom stereocenters. The number of aromatic nitrogens is 1. The van der Waals surface area contributed by atoms with Crippen LogP contribution in [0.5, 0.6) is 0 Å². The molecule has 1 aromatic carbocycles. The summed E-state index contributed by atoms with van der Waals surface area (Å²) in [6, 6.07) is 4.61. The monoisotopic (exact) mass is 582 g/mol. The molecule has 1 N–H and O–H groups in total. The molecule has 0 radical (unpaired) electrons. The van der Waals surface area contributed by atoms with Crippen LogP contribution in [0.3, 0.4) is 0 Å². The quantitative estimate of drug-likeness (QED) is 0.412. The molecular weight excluding hydrogens is 551 g/mol. The molecule has 0 unspecified atom stereocenters. The Bertz CT molecular complexity index is 1170. The Balaban J connectivity index is 1.58. The molecule has 3 amide bonds. The third-order valence-electron chi connectivity index (χ3n) is 5.89. The Morgan fingerprint density at radius 3 is 2.71 bits per heavy atom. The molecule has 1 fully saturated rings. The Labute approximate surface area is 236 Å². The van der Waals surface area contributed by atoms with E-state index in [0.29, 0.717) is 48.5 Å². The smallest absolute Gasteiger partial charge is 0.310 e. The van der Waals surface area contributed by atoms with Crippen molar-refractivity contribution in [3.63, 3.8) is 0 Å². The third-order valence-corrected chi connectivity index (χ3v) is 7.25. The fourth-order valence-electron chi connectivity index (χ4n) is 4.19. The first kappa shape index (κ1) is 29.9. The molecule has 12 heteroatoms. The molecule has 2 aromatic rings. The predicted molar refractivity (Wildman–Crippen MR) is 148 cm³/mol. The van der Waals surface area contributed by atoms with Crippen molar-refractivity contribution in [2.75, 3.05) is 38.1 Å². The lowest BCUT2D eigenvalue weighted by molar-refractivity contribution is -0.151. The van der Waals surface area contributed by atoms with Gasteiger partial charge in [0.25, 0.3) is 5.91 Å². The molecule has 1 aliphatic heterocycles. The summed E-state index contributed by atoms with van der Waals surface area (Å²) in [6.07, 6.45) is 1.51. The highest BCUT2D eigenvalue weighted by molar-refractivity contribution is 7.13. The molecule has 0 bridgehead atoms.